The molecular formula is C22H16ClN3O6. The van der Waals surface area contributed by atoms with Crippen molar-refractivity contribution in [2.24, 2.45) is 0 Å². The molecule has 0 radical (unpaired) electrons. The van der Waals surface area contributed by atoms with Gasteiger partial charge in [0.05, 0.1) is 6.61 Å². The number of halogens is 1. The minimum atomic E-state index is -0.390. The van der Waals surface area contributed by atoms with E-state index in [9.17, 15) is 4.79 Å². The summed E-state index contributed by atoms with van der Waals surface area (Å²) in [6.07, 6.45) is 0. The molecule has 4 aromatic rings. The van der Waals surface area contributed by atoms with Crippen molar-refractivity contribution in [1.29, 1.82) is 0 Å². The van der Waals surface area contributed by atoms with Crippen molar-refractivity contribution >= 4 is 23.4 Å². The first-order valence-corrected chi connectivity index (χ1v) is 9.98. The van der Waals surface area contributed by atoms with Crippen LogP contribution in [0.3, 0.4) is 0 Å². The molecule has 0 bridgehead atoms. The van der Waals surface area contributed by atoms with Crippen molar-refractivity contribution in [2.75, 3.05) is 18.7 Å². The molecule has 32 heavy (non-hydrogen) atoms. The van der Waals surface area contributed by atoms with E-state index in [4.69, 9.17) is 34.9 Å². The van der Waals surface area contributed by atoms with Gasteiger partial charge in [0.2, 0.25) is 12.7 Å². The second-order valence-corrected chi connectivity index (χ2v) is 7.31. The van der Waals surface area contributed by atoms with E-state index in [0.717, 1.165) is 11.1 Å². The average Bonchev–Trinajstić information content (AvgIpc) is 3.54. The van der Waals surface area contributed by atoms with Gasteiger partial charge < -0.3 is 23.3 Å². The minimum absolute atomic E-state index is 0.103. The maximum atomic E-state index is 12.1. The number of hydrogen-bond acceptors (Lipinski definition) is 8. The summed E-state index contributed by atoms with van der Waals surface area (Å²) in [5.41, 5.74) is 2.68. The Labute approximate surface area is 186 Å². The first-order chi connectivity index (χ1) is 15.6. The van der Waals surface area contributed by atoms with Crippen LogP contribution in [-0.4, -0.2) is 29.6 Å². The van der Waals surface area contributed by atoms with E-state index in [1.54, 1.807) is 30.3 Å². The lowest BCUT2D eigenvalue weighted by Crippen LogP contribution is -2.17. The molecule has 10 heteroatoms. The maximum Gasteiger partial charge on any atom is 0.252 e. The Morgan fingerprint density at radius 1 is 1.00 bits per heavy atom. The quantitative estimate of drug-likeness (QED) is 0.434. The second-order valence-electron chi connectivity index (χ2n) is 6.88. The van der Waals surface area contributed by atoms with E-state index in [-0.39, 0.29) is 25.9 Å². The Morgan fingerprint density at radius 3 is 2.81 bits per heavy atom. The van der Waals surface area contributed by atoms with Crippen LogP contribution in [0.4, 0.5) is 5.88 Å². The van der Waals surface area contributed by atoms with Gasteiger partial charge in [-0.1, -0.05) is 34.0 Å². The molecule has 2 aromatic carbocycles. The molecule has 5 rings (SSSR count). The van der Waals surface area contributed by atoms with E-state index in [0.29, 0.717) is 33.7 Å². The van der Waals surface area contributed by atoms with Crippen LogP contribution in [0.2, 0.25) is 5.02 Å². The van der Waals surface area contributed by atoms with Crippen LogP contribution in [-0.2, 0) is 16.1 Å². The largest absolute Gasteiger partial charge is 0.454 e. The van der Waals surface area contributed by atoms with Gasteiger partial charge in [-0.25, -0.2) is 0 Å². The molecule has 0 saturated heterocycles. The van der Waals surface area contributed by atoms with Crippen molar-refractivity contribution in [1.82, 2.24) is 10.3 Å². The van der Waals surface area contributed by atoms with E-state index in [2.05, 4.69) is 15.6 Å². The number of hydrogen-bond donors (Lipinski definition) is 1. The molecule has 9 nitrogen and oxygen atoms in total. The molecule has 1 aliphatic rings. The Hall–Kier alpha value is -3.82. The Bertz CT molecular complexity index is 1270. The van der Waals surface area contributed by atoms with Crippen molar-refractivity contribution in [3.8, 4) is 34.1 Å². The summed E-state index contributed by atoms with van der Waals surface area (Å²) in [5.74, 6) is 1.72. The fourth-order valence-corrected chi connectivity index (χ4v) is 3.30. The second kappa shape index (κ2) is 8.74. The predicted molar refractivity (Wildman–Crippen MR) is 113 cm³/mol. The number of anilines is 1. The van der Waals surface area contributed by atoms with E-state index in [1.807, 2.05) is 24.3 Å². The Morgan fingerprint density at radius 2 is 1.91 bits per heavy atom. The SMILES string of the molecule is O=C(COCc1cc(-c2ccc3c(c2)OCO3)on1)Nc1cc(-c2cccc(Cl)c2)no1. The maximum absolute atomic E-state index is 12.1. The number of amides is 1. The Balaban J connectivity index is 1.13. The molecule has 0 atom stereocenters. The van der Waals surface area contributed by atoms with Gasteiger partial charge in [0, 0.05) is 28.3 Å². The minimum Gasteiger partial charge on any atom is -0.454 e. The van der Waals surface area contributed by atoms with Gasteiger partial charge in [-0.2, -0.15) is 0 Å². The van der Waals surface area contributed by atoms with Crippen molar-refractivity contribution in [2.45, 2.75) is 6.61 Å². The summed E-state index contributed by atoms with van der Waals surface area (Å²) in [5, 5.41) is 11.1. The zero-order chi connectivity index (χ0) is 21.9. The summed E-state index contributed by atoms with van der Waals surface area (Å²) < 4.78 is 26.6. The van der Waals surface area contributed by atoms with Crippen LogP contribution >= 0.6 is 11.6 Å². The van der Waals surface area contributed by atoms with Gasteiger partial charge in [0.25, 0.3) is 5.91 Å². The van der Waals surface area contributed by atoms with Gasteiger partial charge in [-0.15, -0.1) is 0 Å². The van der Waals surface area contributed by atoms with Crippen LogP contribution in [0, 0.1) is 0 Å². The lowest BCUT2D eigenvalue weighted by atomic mass is 10.1. The van der Waals surface area contributed by atoms with E-state index < -0.39 is 5.91 Å². The summed E-state index contributed by atoms with van der Waals surface area (Å²) in [6.45, 7) is 0.109. The molecule has 0 fully saturated rings. The molecule has 0 saturated carbocycles. The van der Waals surface area contributed by atoms with E-state index in [1.165, 1.54) is 0 Å². The number of fused-ring (bicyclic) bond motifs is 1. The highest BCUT2D eigenvalue weighted by molar-refractivity contribution is 6.30. The molecular weight excluding hydrogens is 438 g/mol. The van der Waals surface area contributed by atoms with Crippen LogP contribution < -0.4 is 14.8 Å². The van der Waals surface area contributed by atoms with Crippen LogP contribution in [0.1, 0.15) is 5.69 Å². The highest BCUT2D eigenvalue weighted by Gasteiger charge is 2.16. The average molecular weight is 454 g/mol. The van der Waals surface area contributed by atoms with Crippen LogP contribution in [0.15, 0.2) is 63.6 Å². The number of ether oxygens (including phenoxy) is 3. The van der Waals surface area contributed by atoms with Gasteiger partial charge in [0.1, 0.15) is 18.0 Å². The van der Waals surface area contributed by atoms with E-state index >= 15 is 0 Å². The smallest absolute Gasteiger partial charge is 0.252 e. The monoisotopic (exact) mass is 453 g/mol. The lowest BCUT2D eigenvalue weighted by molar-refractivity contribution is -0.121. The van der Waals surface area contributed by atoms with Gasteiger partial charge in [-0.3, -0.25) is 10.1 Å². The number of aromatic nitrogens is 2. The van der Waals surface area contributed by atoms with Gasteiger partial charge >= 0.3 is 0 Å². The number of nitrogens with one attached hydrogen (secondary N) is 1. The van der Waals surface area contributed by atoms with Gasteiger partial charge in [0.15, 0.2) is 17.3 Å². The third-order valence-electron chi connectivity index (χ3n) is 4.59. The fourth-order valence-electron chi connectivity index (χ4n) is 3.11. The molecule has 2 aromatic heterocycles. The molecule has 162 valence electrons. The molecule has 0 spiro atoms. The summed E-state index contributed by atoms with van der Waals surface area (Å²) in [7, 11) is 0. The summed E-state index contributed by atoms with van der Waals surface area (Å²) in [6, 6.07) is 16.0. The topological polar surface area (TPSA) is 109 Å². The number of nitrogens with zero attached hydrogens (tertiary/aromatic N) is 2. The van der Waals surface area contributed by atoms with Crippen molar-refractivity contribution in [3.05, 3.63) is 65.3 Å². The Kier molecular flexibility index (Phi) is 5.49. The number of carbonyl (C=O) groups is 1. The van der Waals surface area contributed by atoms with Crippen molar-refractivity contribution in [3.63, 3.8) is 0 Å². The fraction of sp³-hybridized carbons (Fsp3) is 0.136. The molecule has 3 heterocycles. The first kappa shape index (κ1) is 20.1. The molecule has 0 unspecified atom stereocenters. The molecule has 1 amide bonds. The van der Waals surface area contributed by atoms with Crippen molar-refractivity contribution < 1.29 is 28.1 Å². The van der Waals surface area contributed by atoms with Gasteiger partial charge in [-0.05, 0) is 30.3 Å². The third kappa shape index (κ3) is 4.43. The molecule has 0 aliphatic carbocycles. The highest BCUT2D eigenvalue weighted by Crippen LogP contribution is 2.36. The first-order valence-electron chi connectivity index (χ1n) is 9.60. The lowest BCUT2D eigenvalue weighted by Gasteiger charge is -2.01. The third-order valence-corrected chi connectivity index (χ3v) is 4.83. The summed E-state index contributed by atoms with van der Waals surface area (Å²) >= 11 is 5.99. The predicted octanol–water partition coefficient (Wildman–Crippen LogP) is 4.53. The standard InChI is InChI=1S/C22H16ClN3O6/c23-15-3-1-2-13(6-15)17-9-22(32-26-17)24-21(27)11-28-10-16-8-19(31-25-16)14-4-5-18-20(7-14)30-12-29-18/h1-9H,10-12H2,(H,24,27). The zero-order valence-electron chi connectivity index (χ0n) is 16.5. The van der Waals surface area contributed by atoms with Crippen LogP contribution in [0.5, 0.6) is 11.5 Å². The normalized spacial score (nSPS) is 12.2. The highest BCUT2D eigenvalue weighted by atomic mass is 35.5. The zero-order valence-corrected chi connectivity index (χ0v) is 17.3. The number of carbonyl (C=O) groups excluding carboxylic acids is 1. The number of benzene rings is 2. The summed E-state index contributed by atoms with van der Waals surface area (Å²) in [4.78, 5) is 12.1. The molecule has 1 N–H and O–H groups in total. The van der Waals surface area contributed by atoms with Crippen LogP contribution in [0.25, 0.3) is 22.6 Å². The molecule has 1 aliphatic heterocycles. The number of rotatable bonds is 7.